The Kier molecular flexibility index (Phi) is 14.1. The molecule has 1 unspecified atom stereocenters. The molecular formula is C37H43ClN4O4S. The zero-order valence-corrected chi connectivity index (χ0v) is 28.6. The molecule has 3 aromatic rings. The molecule has 5 atom stereocenters. The summed E-state index contributed by atoms with van der Waals surface area (Å²) in [6, 6.07) is 20.3. The molecule has 10 heteroatoms. The third-order valence-electron chi connectivity index (χ3n) is 8.04. The zero-order chi connectivity index (χ0) is 33.6. The van der Waals surface area contributed by atoms with Crippen molar-refractivity contribution in [2.75, 3.05) is 24.7 Å². The van der Waals surface area contributed by atoms with Crippen LogP contribution in [0, 0.1) is 0 Å². The van der Waals surface area contributed by atoms with Crippen molar-refractivity contribution >= 4 is 41.1 Å². The Morgan fingerprint density at radius 2 is 1.91 bits per heavy atom. The Hall–Kier alpha value is -3.89. The smallest absolute Gasteiger partial charge is 0.407 e. The molecule has 3 N–H and O–H groups in total. The van der Waals surface area contributed by atoms with Gasteiger partial charge in [-0.2, -0.15) is 0 Å². The summed E-state index contributed by atoms with van der Waals surface area (Å²) in [7, 11) is 1.28. The molecule has 0 aliphatic carbocycles. The molecule has 4 rings (SSSR count). The van der Waals surface area contributed by atoms with Crippen LogP contribution in [0.1, 0.15) is 37.3 Å². The van der Waals surface area contributed by atoms with Gasteiger partial charge in [-0.05, 0) is 56.0 Å². The number of para-hydroxylation sites is 1. The number of hydrogen-bond acceptors (Lipinski definition) is 7. The van der Waals surface area contributed by atoms with E-state index in [4.69, 9.17) is 21.1 Å². The molecule has 1 saturated heterocycles. The standard InChI is InChI=1S/C37H43ClN4O4S/c1-5-6-8-14-25(2)33(28-16-9-7-10-17-28)34(42-37(44)45-4)35(43)41-31-19-12-11-15-27(31)20-21-29-23-40-26(3)32(46-29)24-47-36-30(38)18-13-22-39-36/h5-19,22,26,29,32-34,40H,1,20-21,23-24H2,2-4H3,(H,41,43)(H,42,44)/b8-6-,25-14+/t26-,29-,32-,33?,34+/m1/s1. The topological polar surface area (TPSA) is 102 Å². The van der Waals surface area contributed by atoms with E-state index in [9.17, 15) is 9.59 Å². The Morgan fingerprint density at radius 1 is 1.15 bits per heavy atom. The number of hydrogen-bond donors (Lipinski definition) is 3. The van der Waals surface area contributed by atoms with E-state index >= 15 is 0 Å². The predicted molar refractivity (Wildman–Crippen MR) is 191 cm³/mol. The number of alkyl carbamates (subject to hydrolysis) is 1. The van der Waals surface area contributed by atoms with Crippen molar-refractivity contribution in [2.45, 2.75) is 61.9 Å². The van der Waals surface area contributed by atoms with Crippen molar-refractivity contribution in [3.63, 3.8) is 0 Å². The number of aromatic nitrogens is 1. The third kappa shape index (κ3) is 10.6. The van der Waals surface area contributed by atoms with Gasteiger partial charge in [-0.3, -0.25) is 4.79 Å². The number of carbonyl (C=O) groups excluding carboxylic acids is 2. The first-order valence-corrected chi connectivity index (χ1v) is 17.0. The van der Waals surface area contributed by atoms with Crippen LogP contribution in [-0.2, 0) is 20.7 Å². The number of nitrogens with zero attached hydrogens (tertiary/aromatic N) is 1. The predicted octanol–water partition coefficient (Wildman–Crippen LogP) is 7.34. The van der Waals surface area contributed by atoms with Crippen molar-refractivity contribution in [1.82, 2.24) is 15.6 Å². The third-order valence-corrected chi connectivity index (χ3v) is 9.55. The minimum Gasteiger partial charge on any atom is -0.453 e. The van der Waals surface area contributed by atoms with Crippen LogP contribution in [0.3, 0.4) is 0 Å². The monoisotopic (exact) mass is 674 g/mol. The normalized spacial score (nSPS) is 19.5. The molecule has 0 bridgehead atoms. The van der Waals surface area contributed by atoms with Crippen LogP contribution >= 0.6 is 23.4 Å². The molecule has 0 radical (unpaired) electrons. The maximum Gasteiger partial charge on any atom is 0.407 e. The summed E-state index contributed by atoms with van der Waals surface area (Å²) in [6.45, 7) is 8.53. The first kappa shape index (κ1) is 36.0. The minimum atomic E-state index is -0.954. The number of nitrogens with one attached hydrogen (secondary N) is 3. The van der Waals surface area contributed by atoms with Gasteiger partial charge in [-0.25, -0.2) is 9.78 Å². The van der Waals surface area contributed by atoms with Crippen molar-refractivity contribution in [1.29, 1.82) is 0 Å². The van der Waals surface area contributed by atoms with E-state index in [-0.39, 0.29) is 24.2 Å². The van der Waals surface area contributed by atoms with Crippen LogP contribution in [0.4, 0.5) is 10.5 Å². The lowest BCUT2D eigenvalue weighted by Gasteiger charge is -2.36. The lowest BCUT2D eigenvalue weighted by atomic mass is 9.84. The SMILES string of the molecule is C=C/C=C\C=C(/C)C(c1ccccc1)[C@H](NC(=O)OC)C(=O)Nc1ccccc1CC[C@@H]1CN[C@H](C)[C@@H](CSc2ncccc2Cl)O1. The van der Waals surface area contributed by atoms with E-state index in [2.05, 4.69) is 34.4 Å². The highest BCUT2D eigenvalue weighted by Gasteiger charge is 2.33. The number of amides is 2. The molecule has 2 heterocycles. The number of methoxy groups -OCH3 is 1. The fourth-order valence-corrected chi connectivity index (χ4v) is 6.81. The molecule has 2 aromatic carbocycles. The fourth-order valence-electron chi connectivity index (χ4n) is 5.50. The summed E-state index contributed by atoms with van der Waals surface area (Å²) in [6.07, 6.45) is 9.75. The highest BCUT2D eigenvalue weighted by molar-refractivity contribution is 7.99. The summed E-state index contributed by atoms with van der Waals surface area (Å²) in [5, 5.41) is 10.9. The summed E-state index contributed by atoms with van der Waals surface area (Å²) < 4.78 is 11.5. The van der Waals surface area contributed by atoms with Crippen molar-refractivity contribution in [3.05, 3.63) is 126 Å². The molecular weight excluding hydrogens is 632 g/mol. The lowest BCUT2D eigenvalue weighted by molar-refractivity contribution is -0.118. The van der Waals surface area contributed by atoms with Gasteiger partial charge in [-0.15, -0.1) is 11.8 Å². The summed E-state index contributed by atoms with van der Waals surface area (Å²) in [5.41, 5.74) is 3.42. The van der Waals surface area contributed by atoms with Gasteiger partial charge in [0.1, 0.15) is 11.1 Å². The van der Waals surface area contributed by atoms with Crippen LogP contribution in [0.15, 0.2) is 114 Å². The number of morpholine rings is 1. The summed E-state index contributed by atoms with van der Waals surface area (Å²) in [5.74, 6) is -0.0918. The number of thioether (sulfide) groups is 1. The number of halogens is 1. The Morgan fingerprint density at radius 3 is 2.66 bits per heavy atom. The van der Waals surface area contributed by atoms with E-state index in [1.54, 1.807) is 24.0 Å². The first-order valence-electron chi connectivity index (χ1n) is 15.7. The van der Waals surface area contributed by atoms with Gasteiger partial charge in [0.05, 0.1) is 24.3 Å². The van der Waals surface area contributed by atoms with Crippen molar-refractivity contribution in [2.24, 2.45) is 0 Å². The molecule has 0 saturated carbocycles. The number of allylic oxidation sites excluding steroid dienone is 4. The van der Waals surface area contributed by atoms with Gasteiger partial charge in [-0.1, -0.05) is 96.6 Å². The van der Waals surface area contributed by atoms with Gasteiger partial charge in [0.25, 0.3) is 0 Å². The highest BCUT2D eigenvalue weighted by Crippen LogP contribution is 2.31. The molecule has 1 aliphatic rings. The number of rotatable bonds is 14. The van der Waals surface area contributed by atoms with Gasteiger partial charge in [0, 0.05) is 36.1 Å². The fraction of sp³-hybridized carbons (Fsp3) is 0.324. The summed E-state index contributed by atoms with van der Waals surface area (Å²) in [4.78, 5) is 31.0. The molecule has 248 valence electrons. The molecule has 47 heavy (non-hydrogen) atoms. The Bertz CT molecular complexity index is 1550. The van der Waals surface area contributed by atoms with Gasteiger partial charge in [0.15, 0.2) is 0 Å². The lowest BCUT2D eigenvalue weighted by Crippen LogP contribution is -2.52. The van der Waals surface area contributed by atoms with E-state index in [1.165, 1.54) is 7.11 Å². The van der Waals surface area contributed by atoms with E-state index < -0.39 is 18.1 Å². The molecule has 8 nitrogen and oxygen atoms in total. The molecule has 1 fully saturated rings. The minimum absolute atomic E-state index is 0.00706. The van der Waals surface area contributed by atoms with Crippen LogP contribution < -0.4 is 16.0 Å². The molecule has 2 amide bonds. The Labute approximate surface area is 287 Å². The Balaban J connectivity index is 1.48. The second kappa shape index (κ2) is 18.4. The molecule has 1 aliphatic heterocycles. The van der Waals surface area contributed by atoms with Crippen LogP contribution in [0.2, 0.25) is 5.02 Å². The average Bonchev–Trinajstić information content (AvgIpc) is 3.08. The van der Waals surface area contributed by atoms with Crippen molar-refractivity contribution < 1.29 is 19.1 Å². The quantitative estimate of drug-likeness (QED) is 0.122. The summed E-state index contributed by atoms with van der Waals surface area (Å²) >= 11 is 7.90. The largest absolute Gasteiger partial charge is 0.453 e. The van der Waals surface area contributed by atoms with Gasteiger partial charge in [0.2, 0.25) is 5.91 Å². The van der Waals surface area contributed by atoms with Crippen LogP contribution in [0.5, 0.6) is 0 Å². The molecule has 1 aromatic heterocycles. The first-order chi connectivity index (χ1) is 22.8. The van der Waals surface area contributed by atoms with Gasteiger partial charge >= 0.3 is 6.09 Å². The number of anilines is 1. The number of aryl methyl sites for hydroxylation is 1. The maximum atomic E-state index is 14.1. The number of carbonyl (C=O) groups is 2. The van der Waals surface area contributed by atoms with Crippen LogP contribution in [0.25, 0.3) is 0 Å². The second-order valence-electron chi connectivity index (χ2n) is 11.3. The van der Waals surface area contributed by atoms with Gasteiger partial charge < -0.3 is 25.4 Å². The van der Waals surface area contributed by atoms with Crippen LogP contribution in [-0.4, -0.2) is 60.7 Å². The second-order valence-corrected chi connectivity index (χ2v) is 12.7. The highest BCUT2D eigenvalue weighted by atomic mass is 35.5. The maximum absolute atomic E-state index is 14.1. The zero-order valence-electron chi connectivity index (χ0n) is 27.0. The number of pyridine rings is 1. The molecule has 0 spiro atoms. The van der Waals surface area contributed by atoms with Crippen molar-refractivity contribution in [3.8, 4) is 0 Å². The average molecular weight is 675 g/mol. The van der Waals surface area contributed by atoms with E-state index in [0.29, 0.717) is 17.1 Å². The van der Waals surface area contributed by atoms with E-state index in [1.807, 2.05) is 91.9 Å². The number of benzene rings is 2. The van der Waals surface area contributed by atoms with E-state index in [0.717, 1.165) is 40.4 Å². The number of ether oxygens (including phenoxy) is 2.